The first-order chi connectivity index (χ1) is 20.0. The van der Waals surface area contributed by atoms with Crippen LogP contribution in [0.1, 0.15) is 72.6 Å². The van der Waals surface area contributed by atoms with Crippen LogP contribution in [0.25, 0.3) is 5.69 Å². The highest BCUT2D eigenvalue weighted by molar-refractivity contribution is 7.80. The first-order valence-corrected chi connectivity index (χ1v) is 14.3. The lowest BCUT2D eigenvalue weighted by Gasteiger charge is -2.36. The molecule has 2 N–H and O–H groups in total. The molecule has 1 aliphatic heterocycles. The van der Waals surface area contributed by atoms with Gasteiger partial charge in [-0.3, -0.25) is 14.2 Å². The van der Waals surface area contributed by atoms with Gasteiger partial charge in [-0.25, -0.2) is 9.78 Å². The van der Waals surface area contributed by atoms with E-state index in [1.807, 2.05) is 48.5 Å². The van der Waals surface area contributed by atoms with Gasteiger partial charge in [0.1, 0.15) is 11.2 Å². The van der Waals surface area contributed by atoms with E-state index in [1.54, 1.807) is 9.47 Å². The number of hydrogen-bond acceptors (Lipinski definition) is 6. The van der Waals surface area contributed by atoms with Gasteiger partial charge < -0.3 is 15.3 Å². The van der Waals surface area contributed by atoms with Crippen LogP contribution in [-0.2, 0) is 16.0 Å². The van der Waals surface area contributed by atoms with Crippen molar-refractivity contribution in [3.05, 3.63) is 93.7 Å². The van der Waals surface area contributed by atoms with Crippen molar-refractivity contribution in [3.63, 3.8) is 0 Å². The third-order valence-electron chi connectivity index (χ3n) is 7.50. The van der Waals surface area contributed by atoms with Crippen molar-refractivity contribution >= 4 is 24.5 Å². The average Bonchev–Trinajstić information content (AvgIpc) is 2.93. The number of nitrogens with zero attached hydrogens (tertiary/aromatic N) is 3. The van der Waals surface area contributed by atoms with Crippen molar-refractivity contribution < 1.29 is 27.9 Å². The predicted molar refractivity (Wildman–Crippen MR) is 155 cm³/mol. The lowest BCUT2D eigenvalue weighted by Crippen LogP contribution is -2.44. The van der Waals surface area contributed by atoms with Gasteiger partial charge in [0.15, 0.2) is 0 Å². The van der Waals surface area contributed by atoms with Crippen molar-refractivity contribution in [3.8, 4) is 5.69 Å². The summed E-state index contributed by atoms with van der Waals surface area (Å²) in [5.74, 6) is -1.60. The topological polar surface area (TPSA) is 105 Å². The Kier molecular flexibility index (Phi) is 10.1. The zero-order valence-electron chi connectivity index (χ0n) is 23.1. The molecule has 0 bridgehead atoms. The lowest BCUT2D eigenvalue weighted by atomic mass is 9.84. The minimum Gasteiger partial charge on any atom is -0.475 e. The number of carboxylic acids is 1. The maximum atomic E-state index is 13.8. The molecule has 2 atom stereocenters. The van der Waals surface area contributed by atoms with Crippen LogP contribution in [0.5, 0.6) is 0 Å². The van der Waals surface area contributed by atoms with Crippen molar-refractivity contribution in [1.82, 2.24) is 19.8 Å². The number of nitrogens with one attached hydrogen (secondary N) is 1. The van der Waals surface area contributed by atoms with E-state index in [0.29, 0.717) is 37.4 Å². The Hall–Kier alpha value is -3.64. The van der Waals surface area contributed by atoms with Crippen LogP contribution in [0.15, 0.2) is 65.5 Å². The highest BCUT2D eigenvalue weighted by Crippen LogP contribution is 2.38. The molecule has 224 valence electrons. The van der Waals surface area contributed by atoms with Gasteiger partial charge in [0.2, 0.25) is 5.91 Å². The highest BCUT2D eigenvalue weighted by atomic mass is 32.1. The van der Waals surface area contributed by atoms with Crippen molar-refractivity contribution in [2.24, 2.45) is 0 Å². The summed E-state index contributed by atoms with van der Waals surface area (Å²) in [6.45, 7) is 3.18. The number of carbonyl (C=O) groups excluding carboxylic acids is 1. The Bertz CT molecular complexity index is 1450. The number of thiol groups is 1. The molecule has 2 heterocycles. The first-order valence-electron chi connectivity index (χ1n) is 13.8. The summed E-state index contributed by atoms with van der Waals surface area (Å²) >= 11 is 4.78. The Morgan fingerprint density at radius 3 is 2.24 bits per heavy atom. The van der Waals surface area contributed by atoms with Gasteiger partial charge in [-0.15, -0.1) is 12.6 Å². The molecule has 1 unspecified atom stereocenters. The van der Waals surface area contributed by atoms with Crippen LogP contribution >= 0.6 is 12.6 Å². The van der Waals surface area contributed by atoms with Crippen LogP contribution in [0.2, 0.25) is 0 Å². The molecule has 8 nitrogen and oxygen atoms in total. The molecule has 1 aliphatic carbocycles. The molecule has 2 aliphatic rings. The minimum atomic E-state index is -5.08. The molecule has 1 amide bonds. The second kappa shape index (κ2) is 13.6. The fourth-order valence-corrected chi connectivity index (χ4v) is 5.48. The van der Waals surface area contributed by atoms with Gasteiger partial charge in [-0.1, -0.05) is 55.0 Å². The number of hydrogen-bond donors (Lipinski definition) is 3. The minimum absolute atomic E-state index is 0.00265. The summed E-state index contributed by atoms with van der Waals surface area (Å²) in [5, 5.41) is 9.96. The number of aliphatic carboxylic acids is 1. The molecule has 2 aromatic carbocycles. The van der Waals surface area contributed by atoms with E-state index in [-0.39, 0.29) is 17.5 Å². The molecule has 0 radical (unpaired) electrons. The maximum absolute atomic E-state index is 13.8. The maximum Gasteiger partial charge on any atom is 0.490 e. The van der Waals surface area contributed by atoms with Gasteiger partial charge in [-0.05, 0) is 37.5 Å². The van der Waals surface area contributed by atoms with Crippen LogP contribution in [0.4, 0.5) is 13.2 Å². The normalized spacial score (nSPS) is 17.4. The predicted octanol–water partition coefficient (Wildman–Crippen LogP) is 5.19. The Morgan fingerprint density at radius 1 is 1.10 bits per heavy atom. The van der Waals surface area contributed by atoms with Crippen LogP contribution in [0.3, 0.4) is 0 Å². The molecule has 12 heteroatoms. The molecular weight excluding hydrogens is 569 g/mol. The fraction of sp³-hybridized carbons (Fsp3) is 0.400. The molecule has 5 rings (SSSR count). The summed E-state index contributed by atoms with van der Waals surface area (Å²) in [6, 6.07) is 20.0. The Morgan fingerprint density at radius 2 is 1.69 bits per heavy atom. The second-order valence-corrected chi connectivity index (χ2v) is 10.8. The molecule has 42 heavy (non-hydrogen) atoms. The number of amides is 1. The number of alkyl halides is 3. The van der Waals surface area contributed by atoms with E-state index in [4.69, 9.17) is 27.5 Å². The number of fused-ring (bicyclic) bond motifs is 1. The average molecular weight is 603 g/mol. The van der Waals surface area contributed by atoms with Gasteiger partial charge in [0.05, 0.1) is 16.9 Å². The Labute approximate surface area is 247 Å². The third-order valence-corrected chi connectivity index (χ3v) is 8.04. The first kappa shape index (κ1) is 31.3. The van der Waals surface area contributed by atoms with E-state index >= 15 is 0 Å². The van der Waals surface area contributed by atoms with E-state index < -0.39 is 17.5 Å². The largest absolute Gasteiger partial charge is 0.490 e. The zero-order valence-corrected chi connectivity index (χ0v) is 23.9. The standard InChI is InChI=1S/C28H32N4O2S.C2HF3O2/c1-19(20-9-4-2-5-10-20)29-17-15-24(33)31-18-16-23-25(28(31)35)27(34)32(22-13-6-3-7-14-22)26(30-23)21-11-8-12-21;3-2(4,5)1(6)7/h2-7,9-10,13-14,19,21,28-29,35H,8,11-12,15-18H2,1H3;(H,6,7)/t19-,28?;/m0./s1. The molecule has 0 spiro atoms. The molecule has 0 saturated heterocycles. The lowest BCUT2D eigenvalue weighted by molar-refractivity contribution is -0.192. The van der Waals surface area contributed by atoms with Crippen LogP contribution in [-0.4, -0.2) is 50.7 Å². The number of carbonyl (C=O) groups is 2. The number of rotatable bonds is 7. The highest BCUT2D eigenvalue weighted by Gasteiger charge is 2.38. The molecule has 3 aromatic rings. The summed E-state index contributed by atoms with van der Waals surface area (Å²) < 4.78 is 33.5. The third kappa shape index (κ3) is 7.22. The smallest absolute Gasteiger partial charge is 0.475 e. The molecular formula is C30H33F3N4O4S. The zero-order chi connectivity index (χ0) is 30.4. The molecule has 1 saturated carbocycles. The van der Waals surface area contributed by atoms with E-state index in [9.17, 15) is 22.8 Å². The number of halogens is 3. The van der Waals surface area contributed by atoms with Gasteiger partial charge in [0.25, 0.3) is 5.56 Å². The summed E-state index contributed by atoms with van der Waals surface area (Å²) in [4.78, 5) is 42.6. The number of aromatic nitrogens is 2. The van der Waals surface area contributed by atoms with E-state index in [0.717, 1.165) is 30.0 Å². The summed E-state index contributed by atoms with van der Waals surface area (Å²) in [7, 11) is 0. The van der Waals surface area contributed by atoms with E-state index in [1.165, 1.54) is 12.0 Å². The number of carboxylic acid groups (broad SMARTS) is 1. The number of para-hydroxylation sites is 1. The van der Waals surface area contributed by atoms with E-state index in [2.05, 4.69) is 24.4 Å². The van der Waals surface area contributed by atoms with Crippen LogP contribution < -0.4 is 10.9 Å². The summed E-state index contributed by atoms with van der Waals surface area (Å²) in [6.07, 6.45) is -0.871. The number of benzene rings is 2. The quantitative estimate of drug-likeness (QED) is 0.322. The Balaban J connectivity index is 0.000000517. The van der Waals surface area contributed by atoms with Crippen molar-refractivity contribution in [2.45, 2.75) is 62.5 Å². The van der Waals surface area contributed by atoms with Crippen molar-refractivity contribution in [2.75, 3.05) is 13.1 Å². The van der Waals surface area contributed by atoms with Crippen LogP contribution in [0, 0.1) is 0 Å². The van der Waals surface area contributed by atoms with Gasteiger partial charge in [0, 0.05) is 37.9 Å². The molecule has 1 fully saturated rings. The fourth-order valence-electron chi connectivity index (χ4n) is 4.98. The van der Waals surface area contributed by atoms with Gasteiger partial charge >= 0.3 is 12.1 Å². The summed E-state index contributed by atoms with van der Waals surface area (Å²) in [5.41, 5.74) is 3.23. The SMILES string of the molecule is C[C@H](NCCC(=O)N1CCc2nc(C3CCC3)n(-c3ccccc3)c(=O)c2C1S)c1ccccc1.O=C(O)C(F)(F)F. The van der Waals surface area contributed by atoms with Gasteiger partial charge in [-0.2, -0.15) is 13.2 Å². The molecule has 1 aromatic heterocycles. The van der Waals surface area contributed by atoms with Crippen molar-refractivity contribution in [1.29, 1.82) is 0 Å². The monoisotopic (exact) mass is 602 g/mol. The second-order valence-electron chi connectivity index (χ2n) is 10.3.